The molecule has 2 aromatic rings. The lowest BCUT2D eigenvalue weighted by atomic mass is 10.2. The van der Waals surface area contributed by atoms with Crippen LogP contribution in [0.15, 0.2) is 46.9 Å². The van der Waals surface area contributed by atoms with Crippen molar-refractivity contribution < 1.29 is 19.0 Å². The minimum absolute atomic E-state index is 0.261. The van der Waals surface area contributed by atoms with E-state index in [1.807, 2.05) is 12.1 Å². The van der Waals surface area contributed by atoms with E-state index in [1.165, 1.54) is 0 Å². The zero-order valence-corrected chi connectivity index (χ0v) is 14.7. The second-order valence-corrected chi connectivity index (χ2v) is 5.72. The van der Waals surface area contributed by atoms with Crippen LogP contribution in [0.5, 0.6) is 17.2 Å². The third-order valence-corrected chi connectivity index (χ3v) is 3.64. The summed E-state index contributed by atoms with van der Waals surface area (Å²) in [6.07, 6.45) is -0.645. The second-order valence-electron chi connectivity index (χ2n) is 4.80. The highest BCUT2D eigenvalue weighted by Gasteiger charge is 2.15. The number of amides is 1. The van der Waals surface area contributed by atoms with E-state index in [2.05, 4.69) is 21.2 Å². The van der Waals surface area contributed by atoms with E-state index >= 15 is 0 Å². The van der Waals surface area contributed by atoms with Crippen LogP contribution >= 0.6 is 15.9 Å². The predicted octanol–water partition coefficient (Wildman–Crippen LogP) is 3.87. The summed E-state index contributed by atoms with van der Waals surface area (Å²) in [5, 5.41) is 2.79. The number of anilines is 1. The molecule has 0 saturated carbocycles. The lowest BCUT2D eigenvalue weighted by Crippen LogP contribution is -2.30. The number of hydrogen-bond donors (Lipinski definition) is 1. The predicted molar refractivity (Wildman–Crippen MR) is 92.4 cm³/mol. The Morgan fingerprint density at radius 3 is 2.09 bits per heavy atom. The molecule has 0 unspecified atom stereocenters. The second kappa shape index (κ2) is 7.87. The van der Waals surface area contributed by atoms with Gasteiger partial charge in [-0.25, -0.2) is 0 Å². The van der Waals surface area contributed by atoms with Gasteiger partial charge in [-0.2, -0.15) is 0 Å². The van der Waals surface area contributed by atoms with Crippen molar-refractivity contribution in [3.63, 3.8) is 0 Å². The Kier molecular flexibility index (Phi) is 5.87. The van der Waals surface area contributed by atoms with Crippen LogP contribution in [0.3, 0.4) is 0 Å². The summed E-state index contributed by atoms with van der Waals surface area (Å²) >= 11 is 3.35. The summed E-state index contributed by atoms with van der Waals surface area (Å²) < 4.78 is 16.9. The first-order valence-corrected chi connectivity index (χ1v) is 7.77. The van der Waals surface area contributed by atoms with Gasteiger partial charge < -0.3 is 19.5 Å². The molecule has 1 N–H and O–H groups in total. The summed E-state index contributed by atoms with van der Waals surface area (Å²) in [6.45, 7) is 1.69. The van der Waals surface area contributed by atoms with E-state index in [-0.39, 0.29) is 5.91 Å². The van der Waals surface area contributed by atoms with E-state index in [0.717, 1.165) is 4.47 Å². The molecule has 0 heterocycles. The van der Waals surface area contributed by atoms with Gasteiger partial charge >= 0.3 is 0 Å². The quantitative estimate of drug-likeness (QED) is 0.827. The maximum Gasteiger partial charge on any atom is 0.265 e. The molecule has 2 aromatic carbocycles. The topological polar surface area (TPSA) is 56.8 Å². The van der Waals surface area contributed by atoms with E-state index in [0.29, 0.717) is 22.9 Å². The molecular formula is C17H18BrNO4. The highest BCUT2D eigenvalue weighted by Crippen LogP contribution is 2.26. The summed E-state index contributed by atoms with van der Waals surface area (Å²) in [5.74, 6) is 1.56. The molecule has 0 aliphatic heterocycles. The Labute approximate surface area is 143 Å². The van der Waals surface area contributed by atoms with Gasteiger partial charge in [0, 0.05) is 28.4 Å². The van der Waals surface area contributed by atoms with Crippen LogP contribution in [0.2, 0.25) is 0 Å². The Morgan fingerprint density at radius 1 is 1.00 bits per heavy atom. The van der Waals surface area contributed by atoms with E-state index in [4.69, 9.17) is 14.2 Å². The van der Waals surface area contributed by atoms with Crippen LogP contribution in [-0.4, -0.2) is 26.2 Å². The highest BCUT2D eigenvalue weighted by atomic mass is 79.9. The maximum atomic E-state index is 12.3. The number of halogens is 1. The fraction of sp³-hybridized carbons (Fsp3) is 0.235. The molecule has 0 bridgehead atoms. The van der Waals surface area contributed by atoms with Crippen LogP contribution in [0.25, 0.3) is 0 Å². The summed E-state index contributed by atoms with van der Waals surface area (Å²) in [6, 6.07) is 12.5. The van der Waals surface area contributed by atoms with Gasteiger partial charge in [0.25, 0.3) is 5.91 Å². The largest absolute Gasteiger partial charge is 0.497 e. The molecule has 0 aliphatic rings. The Hall–Kier alpha value is -2.21. The zero-order valence-electron chi connectivity index (χ0n) is 13.1. The molecule has 0 saturated heterocycles. The molecule has 5 nitrogen and oxygen atoms in total. The van der Waals surface area contributed by atoms with E-state index in [9.17, 15) is 4.79 Å². The molecule has 0 aliphatic carbocycles. The molecule has 0 aromatic heterocycles. The van der Waals surface area contributed by atoms with Crippen molar-refractivity contribution >= 4 is 27.5 Å². The Bertz CT molecular complexity index is 651. The Balaban J connectivity index is 2.04. The average molecular weight is 380 g/mol. The van der Waals surface area contributed by atoms with Gasteiger partial charge in [-0.15, -0.1) is 0 Å². The van der Waals surface area contributed by atoms with Crippen molar-refractivity contribution in [3.8, 4) is 17.2 Å². The first-order chi connectivity index (χ1) is 11.0. The van der Waals surface area contributed by atoms with Gasteiger partial charge in [-0.1, -0.05) is 15.9 Å². The average Bonchev–Trinajstić information content (AvgIpc) is 2.56. The van der Waals surface area contributed by atoms with Gasteiger partial charge in [-0.05, 0) is 31.2 Å². The van der Waals surface area contributed by atoms with Crippen molar-refractivity contribution in [2.24, 2.45) is 0 Å². The van der Waals surface area contributed by atoms with Gasteiger partial charge in [0.1, 0.15) is 17.2 Å². The summed E-state index contributed by atoms with van der Waals surface area (Å²) in [7, 11) is 3.11. The molecule has 1 atom stereocenters. The van der Waals surface area contributed by atoms with Crippen LogP contribution in [0.1, 0.15) is 6.92 Å². The minimum atomic E-state index is -0.645. The molecule has 0 fully saturated rings. The molecule has 1 amide bonds. The summed E-state index contributed by atoms with van der Waals surface area (Å²) in [4.78, 5) is 12.3. The number of ether oxygens (including phenoxy) is 3. The number of rotatable bonds is 6. The SMILES string of the molecule is COc1cc(NC(=O)[C@H](C)Oc2ccc(Br)cc2)cc(OC)c1. The van der Waals surface area contributed by atoms with E-state index in [1.54, 1.807) is 51.5 Å². The monoisotopic (exact) mass is 379 g/mol. The van der Waals surface area contributed by atoms with E-state index < -0.39 is 6.10 Å². The first-order valence-electron chi connectivity index (χ1n) is 6.98. The molecule has 2 rings (SSSR count). The molecule has 6 heteroatoms. The fourth-order valence-corrected chi connectivity index (χ4v) is 2.16. The molecule has 0 radical (unpaired) electrons. The van der Waals surface area contributed by atoms with Gasteiger partial charge in [0.15, 0.2) is 6.10 Å². The lowest BCUT2D eigenvalue weighted by Gasteiger charge is -2.15. The van der Waals surface area contributed by atoms with Gasteiger partial charge in [-0.3, -0.25) is 4.79 Å². The third kappa shape index (κ3) is 4.89. The molecule has 23 heavy (non-hydrogen) atoms. The van der Waals surface area contributed by atoms with Crippen molar-refractivity contribution in [1.29, 1.82) is 0 Å². The molecule has 122 valence electrons. The minimum Gasteiger partial charge on any atom is -0.497 e. The number of benzene rings is 2. The van der Waals surface area contributed by atoms with Crippen molar-refractivity contribution in [2.75, 3.05) is 19.5 Å². The van der Waals surface area contributed by atoms with Gasteiger partial charge in [0.05, 0.1) is 14.2 Å². The number of nitrogens with one attached hydrogen (secondary N) is 1. The summed E-state index contributed by atoms with van der Waals surface area (Å²) in [5.41, 5.74) is 0.581. The van der Waals surface area contributed by atoms with Crippen molar-refractivity contribution in [3.05, 3.63) is 46.9 Å². The molecular weight excluding hydrogens is 362 g/mol. The molecule has 0 spiro atoms. The van der Waals surface area contributed by atoms with Crippen molar-refractivity contribution in [1.82, 2.24) is 0 Å². The zero-order chi connectivity index (χ0) is 16.8. The highest BCUT2D eigenvalue weighted by molar-refractivity contribution is 9.10. The first kappa shape index (κ1) is 17.1. The van der Waals surface area contributed by atoms with Crippen LogP contribution in [0, 0.1) is 0 Å². The van der Waals surface area contributed by atoms with Crippen LogP contribution < -0.4 is 19.5 Å². The number of carbonyl (C=O) groups is 1. The number of methoxy groups -OCH3 is 2. The Morgan fingerprint density at radius 2 is 1.57 bits per heavy atom. The number of hydrogen-bond acceptors (Lipinski definition) is 4. The third-order valence-electron chi connectivity index (χ3n) is 3.11. The normalized spacial score (nSPS) is 11.5. The van der Waals surface area contributed by atoms with Gasteiger partial charge in [0.2, 0.25) is 0 Å². The maximum absolute atomic E-state index is 12.3. The van der Waals surface area contributed by atoms with Crippen LogP contribution in [0.4, 0.5) is 5.69 Å². The standard InChI is InChI=1S/C17H18BrNO4/c1-11(23-14-6-4-12(18)5-7-14)17(20)19-13-8-15(21-2)10-16(9-13)22-3/h4-11H,1-3H3,(H,19,20)/t11-/m0/s1. The lowest BCUT2D eigenvalue weighted by molar-refractivity contribution is -0.122. The van der Waals surface area contributed by atoms with Crippen molar-refractivity contribution in [2.45, 2.75) is 13.0 Å². The fourth-order valence-electron chi connectivity index (χ4n) is 1.89. The number of carbonyl (C=O) groups excluding carboxylic acids is 1. The van der Waals surface area contributed by atoms with Crippen LogP contribution in [-0.2, 0) is 4.79 Å². The smallest absolute Gasteiger partial charge is 0.265 e.